The van der Waals surface area contributed by atoms with Gasteiger partial charge in [-0.1, -0.05) is 6.92 Å². The predicted molar refractivity (Wildman–Crippen MR) is 66.4 cm³/mol. The van der Waals surface area contributed by atoms with Crippen LogP contribution in [0.2, 0.25) is 0 Å². The molecule has 20 heavy (non-hydrogen) atoms. The number of halogens is 3. The van der Waals surface area contributed by atoms with Gasteiger partial charge in [0, 0.05) is 25.4 Å². The van der Waals surface area contributed by atoms with E-state index in [1.807, 2.05) is 11.6 Å². The maximum Gasteiger partial charge on any atom is 0.411 e. The van der Waals surface area contributed by atoms with Gasteiger partial charge in [-0.2, -0.15) is 18.3 Å². The molecule has 0 bridgehead atoms. The van der Waals surface area contributed by atoms with E-state index in [1.54, 1.807) is 0 Å². The van der Waals surface area contributed by atoms with Gasteiger partial charge in [0.15, 0.2) is 5.82 Å². The summed E-state index contributed by atoms with van der Waals surface area (Å²) in [5.41, 5.74) is 0. The van der Waals surface area contributed by atoms with Crippen molar-refractivity contribution in [3.05, 3.63) is 11.6 Å². The average Bonchev–Trinajstić information content (AvgIpc) is 2.79. The molecule has 1 aliphatic heterocycles. The normalized spacial score (nSPS) is 19.1. The Kier molecular flexibility index (Phi) is 4.98. The third-order valence-electron chi connectivity index (χ3n) is 3.16. The minimum Gasteiger partial charge on any atom is -0.371 e. The Hall–Kier alpha value is -1.15. The predicted octanol–water partition coefficient (Wildman–Crippen LogP) is 1.32. The minimum atomic E-state index is -4.25. The monoisotopic (exact) mass is 292 g/mol. The lowest BCUT2D eigenvalue weighted by molar-refractivity contribution is -0.173. The number of aryl methyl sites for hydroxylation is 2. The third-order valence-corrected chi connectivity index (χ3v) is 3.16. The van der Waals surface area contributed by atoms with Crippen LogP contribution in [-0.2, 0) is 24.1 Å². The van der Waals surface area contributed by atoms with Crippen LogP contribution in [0.25, 0.3) is 0 Å². The molecule has 1 N–H and O–H groups in total. The molecule has 0 spiro atoms. The van der Waals surface area contributed by atoms with Gasteiger partial charge in [-0.25, -0.2) is 9.67 Å². The molecule has 0 saturated heterocycles. The Labute approximate surface area is 115 Å². The van der Waals surface area contributed by atoms with Crippen LogP contribution in [0.15, 0.2) is 0 Å². The number of ether oxygens (including phenoxy) is 1. The molecule has 0 aromatic carbocycles. The number of hydrogen-bond donors (Lipinski definition) is 1. The van der Waals surface area contributed by atoms with Crippen molar-refractivity contribution in [1.82, 2.24) is 20.1 Å². The first-order valence-electron chi connectivity index (χ1n) is 6.78. The van der Waals surface area contributed by atoms with Gasteiger partial charge in [0.25, 0.3) is 0 Å². The molecule has 1 atom stereocenters. The van der Waals surface area contributed by atoms with Crippen LogP contribution in [0.3, 0.4) is 0 Å². The minimum absolute atomic E-state index is 0.0560. The molecular formula is C12H19F3N4O. The lowest BCUT2D eigenvalue weighted by Gasteiger charge is -2.23. The average molecular weight is 292 g/mol. The van der Waals surface area contributed by atoms with Gasteiger partial charge in [0.2, 0.25) is 0 Å². The Morgan fingerprint density at radius 2 is 2.25 bits per heavy atom. The van der Waals surface area contributed by atoms with E-state index in [1.165, 1.54) is 0 Å². The smallest absolute Gasteiger partial charge is 0.371 e. The molecule has 8 heteroatoms. The van der Waals surface area contributed by atoms with E-state index in [0.717, 1.165) is 30.9 Å². The standard InChI is InChI=1S/C12H19F3N4O/c1-2-10-17-11-4-3-9(7-19(11)18-10)16-5-6-20-8-12(13,14)15/h9,16H,2-8H2,1H3. The fourth-order valence-electron chi connectivity index (χ4n) is 2.20. The SMILES string of the molecule is CCc1nc2n(n1)CC(NCCOCC(F)(F)F)CC2. The van der Waals surface area contributed by atoms with Crippen LogP contribution < -0.4 is 5.32 Å². The van der Waals surface area contributed by atoms with Crippen molar-refractivity contribution in [1.29, 1.82) is 0 Å². The van der Waals surface area contributed by atoms with Crippen molar-refractivity contribution < 1.29 is 17.9 Å². The summed E-state index contributed by atoms with van der Waals surface area (Å²) in [6, 6.07) is 0.211. The number of nitrogens with one attached hydrogen (secondary N) is 1. The topological polar surface area (TPSA) is 52.0 Å². The van der Waals surface area contributed by atoms with Gasteiger partial charge in [-0.15, -0.1) is 0 Å². The second kappa shape index (κ2) is 6.53. The van der Waals surface area contributed by atoms with Gasteiger partial charge in [-0.3, -0.25) is 0 Å². The van der Waals surface area contributed by atoms with Crippen molar-refractivity contribution in [3.63, 3.8) is 0 Å². The Morgan fingerprint density at radius 1 is 1.45 bits per heavy atom. The summed E-state index contributed by atoms with van der Waals surface area (Å²) >= 11 is 0. The molecule has 5 nitrogen and oxygen atoms in total. The summed E-state index contributed by atoms with van der Waals surface area (Å²) in [6.45, 7) is 1.99. The van der Waals surface area contributed by atoms with Crippen LogP contribution in [0.5, 0.6) is 0 Å². The van der Waals surface area contributed by atoms with Gasteiger partial charge in [0.1, 0.15) is 12.4 Å². The molecule has 0 amide bonds. The third kappa shape index (κ3) is 4.45. The zero-order valence-electron chi connectivity index (χ0n) is 11.4. The molecule has 2 heterocycles. The van der Waals surface area contributed by atoms with Crippen LogP contribution >= 0.6 is 0 Å². The molecular weight excluding hydrogens is 273 g/mol. The molecule has 1 aromatic heterocycles. The fourth-order valence-corrected chi connectivity index (χ4v) is 2.20. The molecule has 1 unspecified atom stereocenters. The van der Waals surface area contributed by atoms with Crippen LogP contribution in [-0.4, -0.2) is 46.7 Å². The van der Waals surface area contributed by atoms with Crippen LogP contribution in [0.4, 0.5) is 13.2 Å². The van der Waals surface area contributed by atoms with Gasteiger partial charge in [0.05, 0.1) is 13.2 Å². The summed E-state index contributed by atoms with van der Waals surface area (Å²) in [6.07, 6.45) is -1.68. The highest BCUT2D eigenvalue weighted by molar-refractivity contribution is 4.97. The second-order valence-electron chi connectivity index (χ2n) is 4.84. The fraction of sp³-hybridized carbons (Fsp3) is 0.833. The number of rotatable bonds is 6. The quantitative estimate of drug-likeness (QED) is 0.804. The maximum atomic E-state index is 11.9. The van der Waals surface area contributed by atoms with E-state index >= 15 is 0 Å². The molecule has 114 valence electrons. The molecule has 0 fully saturated rings. The summed E-state index contributed by atoms with van der Waals surface area (Å²) in [5.74, 6) is 1.84. The number of hydrogen-bond acceptors (Lipinski definition) is 4. The molecule has 1 aliphatic rings. The highest BCUT2D eigenvalue weighted by Gasteiger charge is 2.27. The van der Waals surface area contributed by atoms with Gasteiger partial charge < -0.3 is 10.1 Å². The highest BCUT2D eigenvalue weighted by atomic mass is 19.4. The highest BCUT2D eigenvalue weighted by Crippen LogP contribution is 2.15. The lowest BCUT2D eigenvalue weighted by atomic mass is 10.1. The van der Waals surface area contributed by atoms with Crippen molar-refractivity contribution in [2.45, 2.75) is 44.9 Å². The number of aromatic nitrogens is 3. The molecule has 1 aromatic rings. The number of alkyl halides is 3. The van der Waals surface area contributed by atoms with Crippen molar-refractivity contribution in [3.8, 4) is 0 Å². The summed E-state index contributed by atoms with van der Waals surface area (Å²) < 4.78 is 42.1. The molecule has 0 radical (unpaired) electrons. The Balaban J connectivity index is 1.68. The maximum absolute atomic E-state index is 11.9. The van der Waals surface area contributed by atoms with E-state index in [0.29, 0.717) is 13.1 Å². The second-order valence-corrected chi connectivity index (χ2v) is 4.84. The van der Waals surface area contributed by atoms with E-state index < -0.39 is 12.8 Å². The molecule has 0 saturated carbocycles. The van der Waals surface area contributed by atoms with Crippen LogP contribution in [0.1, 0.15) is 25.0 Å². The van der Waals surface area contributed by atoms with E-state index in [4.69, 9.17) is 0 Å². The van der Waals surface area contributed by atoms with Gasteiger partial charge >= 0.3 is 6.18 Å². The van der Waals surface area contributed by atoms with E-state index in [2.05, 4.69) is 20.1 Å². The molecule has 2 rings (SSSR count). The molecule has 0 aliphatic carbocycles. The zero-order chi connectivity index (χ0) is 14.6. The van der Waals surface area contributed by atoms with E-state index in [9.17, 15) is 13.2 Å². The van der Waals surface area contributed by atoms with Crippen molar-refractivity contribution >= 4 is 0 Å². The number of nitrogens with zero attached hydrogens (tertiary/aromatic N) is 3. The van der Waals surface area contributed by atoms with Crippen LogP contribution in [0, 0.1) is 0 Å². The summed E-state index contributed by atoms with van der Waals surface area (Å²) in [4.78, 5) is 4.41. The first-order valence-corrected chi connectivity index (χ1v) is 6.78. The van der Waals surface area contributed by atoms with Crippen molar-refractivity contribution in [2.24, 2.45) is 0 Å². The largest absolute Gasteiger partial charge is 0.411 e. The first-order chi connectivity index (χ1) is 9.48. The van der Waals surface area contributed by atoms with Crippen molar-refractivity contribution in [2.75, 3.05) is 19.8 Å². The Bertz CT molecular complexity index is 433. The lowest BCUT2D eigenvalue weighted by Crippen LogP contribution is -2.39. The Morgan fingerprint density at radius 3 is 2.95 bits per heavy atom. The van der Waals surface area contributed by atoms with Gasteiger partial charge in [-0.05, 0) is 6.42 Å². The summed E-state index contributed by atoms with van der Waals surface area (Å²) in [7, 11) is 0. The zero-order valence-corrected chi connectivity index (χ0v) is 11.4. The first kappa shape index (κ1) is 15.2. The summed E-state index contributed by atoms with van der Waals surface area (Å²) in [5, 5.41) is 7.58. The van der Waals surface area contributed by atoms with E-state index in [-0.39, 0.29) is 12.6 Å². The number of fused-ring (bicyclic) bond motifs is 1.